The molecular weight excluding hydrogens is 267 g/mol. The maximum atomic E-state index is 13.7. The van der Waals surface area contributed by atoms with E-state index in [4.69, 9.17) is 22.7 Å². The molecule has 1 aromatic carbocycles. The van der Waals surface area contributed by atoms with E-state index in [-0.39, 0.29) is 22.7 Å². The molecule has 1 atom stereocenters. The highest BCUT2D eigenvalue weighted by atomic mass is 32.1. The third-order valence-corrected chi connectivity index (χ3v) is 3.05. The summed E-state index contributed by atoms with van der Waals surface area (Å²) >= 11 is 4.75. The topological polar surface area (TPSA) is 64.3 Å². The van der Waals surface area contributed by atoms with E-state index >= 15 is 0 Å². The number of amides is 1. The molecule has 1 aliphatic rings. The van der Waals surface area contributed by atoms with Crippen LogP contribution in [0.25, 0.3) is 0 Å². The fraction of sp³-hybridized carbons (Fsp3) is 0.385. The molecule has 4 nitrogen and oxygen atoms in total. The van der Waals surface area contributed by atoms with Crippen LogP contribution in [0.4, 0.5) is 4.39 Å². The van der Waals surface area contributed by atoms with E-state index in [9.17, 15) is 9.18 Å². The molecule has 1 saturated carbocycles. The van der Waals surface area contributed by atoms with Crippen LogP contribution in [0.2, 0.25) is 0 Å². The van der Waals surface area contributed by atoms with Crippen LogP contribution in [-0.2, 0) is 4.79 Å². The molecule has 0 radical (unpaired) electrons. The first-order valence-corrected chi connectivity index (χ1v) is 6.44. The average Bonchev–Trinajstić information content (AvgIpc) is 3.15. The van der Waals surface area contributed by atoms with Crippen LogP contribution in [0.5, 0.6) is 5.75 Å². The van der Waals surface area contributed by atoms with Crippen molar-refractivity contribution < 1.29 is 13.9 Å². The highest BCUT2D eigenvalue weighted by Crippen LogP contribution is 2.21. The molecule has 1 amide bonds. The van der Waals surface area contributed by atoms with Crippen LogP contribution in [-0.4, -0.2) is 23.0 Å². The molecule has 19 heavy (non-hydrogen) atoms. The Kier molecular flexibility index (Phi) is 3.99. The summed E-state index contributed by atoms with van der Waals surface area (Å²) in [5.74, 6) is -0.810. The summed E-state index contributed by atoms with van der Waals surface area (Å²) in [6, 6.07) is 4.43. The molecule has 0 aliphatic heterocycles. The molecule has 0 saturated heterocycles. The van der Waals surface area contributed by atoms with Crippen molar-refractivity contribution in [2.75, 3.05) is 0 Å². The van der Waals surface area contributed by atoms with Gasteiger partial charge >= 0.3 is 0 Å². The number of rotatable bonds is 5. The average molecular weight is 282 g/mol. The van der Waals surface area contributed by atoms with E-state index in [1.807, 2.05) is 0 Å². The van der Waals surface area contributed by atoms with Crippen molar-refractivity contribution in [3.8, 4) is 5.75 Å². The third-order valence-electron chi connectivity index (χ3n) is 2.81. The first-order valence-electron chi connectivity index (χ1n) is 6.03. The number of hydrogen-bond donors (Lipinski definition) is 2. The van der Waals surface area contributed by atoms with E-state index in [0.29, 0.717) is 5.56 Å². The zero-order valence-corrected chi connectivity index (χ0v) is 11.3. The second kappa shape index (κ2) is 5.52. The van der Waals surface area contributed by atoms with Crippen molar-refractivity contribution >= 4 is 23.1 Å². The Morgan fingerprint density at radius 1 is 1.58 bits per heavy atom. The molecule has 1 aliphatic carbocycles. The molecule has 1 aromatic rings. The second-order valence-electron chi connectivity index (χ2n) is 4.55. The quantitative estimate of drug-likeness (QED) is 0.803. The van der Waals surface area contributed by atoms with E-state index in [0.717, 1.165) is 12.8 Å². The molecule has 0 aromatic heterocycles. The third kappa shape index (κ3) is 3.64. The minimum absolute atomic E-state index is 0.0125. The molecule has 6 heteroatoms. The van der Waals surface area contributed by atoms with Crippen LogP contribution >= 0.6 is 12.2 Å². The van der Waals surface area contributed by atoms with Gasteiger partial charge in [-0.3, -0.25) is 4.79 Å². The Bertz CT molecular complexity index is 517. The van der Waals surface area contributed by atoms with Gasteiger partial charge in [0.05, 0.1) is 0 Å². The van der Waals surface area contributed by atoms with Gasteiger partial charge in [0.2, 0.25) is 0 Å². The number of carbonyl (C=O) groups is 1. The minimum atomic E-state index is -0.745. The summed E-state index contributed by atoms with van der Waals surface area (Å²) in [6.45, 7) is 1.58. The Morgan fingerprint density at radius 3 is 2.79 bits per heavy atom. The monoisotopic (exact) mass is 282 g/mol. The SMILES string of the molecule is CC(Oc1ccc(C(N)=S)cc1F)C(=O)NC1CC1. The lowest BCUT2D eigenvalue weighted by Gasteiger charge is -2.15. The van der Waals surface area contributed by atoms with Crippen LogP contribution in [0, 0.1) is 5.82 Å². The van der Waals surface area contributed by atoms with Gasteiger partial charge in [-0.2, -0.15) is 0 Å². The maximum Gasteiger partial charge on any atom is 0.260 e. The standard InChI is InChI=1S/C13H15FN2O2S/c1-7(13(17)16-9-3-4-9)18-11-5-2-8(12(15)19)6-10(11)14/h2,5-7,9H,3-4H2,1H3,(H2,15,19)(H,16,17). The van der Waals surface area contributed by atoms with Gasteiger partial charge in [-0.25, -0.2) is 4.39 Å². The van der Waals surface area contributed by atoms with Crippen molar-refractivity contribution in [3.63, 3.8) is 0 Å². The normalized spacial score (nSPS) is 15.7. The fourth-order valence-electron chi connectivity index (χ4n) is 1.54. The number of carbonyl (C=O) groups excluding carboxylic acids is 1. The van der Waals surface area contributed by atoms with E-state index < -0.39 is 11.9 Å². The Morgan fingerprint density at radius 2 is 2.26 bits per heavy atom. The molecule has 2 rings (SSSR count). The molecule has 1 unspecified atom stereocenters. The lowest BCUT2D eigenvalue weighted by Crippen LogP contribution is -2.37. The van der Waals surface area contributed by atoms with Crippen molar-refractivity contribution in [2.45, 2.75) is 31.9 Å². The lowest BCUT2D eigenvalue weighted by atomic mass is 10.2. The molecular formula is C13H15FN2O2S. The van der Waals surface area contributed by atoms with Crippen molar-refractivity contribution in [1.29, 1.82) is 0 Å². The highest BCUT2D eigenvalue weighted by molar-refractivity contribution is 7.80. The van der Waals surface area contributed by atoms with Crippen molar-refractivity contribution in [2.24, 2.45) is 5.73 Å². The first-order chi connectivity index (χ1) is 8.97. The molecule has 0 bridgehead atoms. The lowest BCUT2D eigenvalue weighted by molar-refractivity contribution is -0.127. The summed E-state index contributed by atoms with van der Waals surface area (Å²) in [6.07, 6.45) is 1.25. The second-order valence-corrected chi connectivity index (χ2v) is 4.99. The van der Waals surface area contributed by atoms with Crippen LogP contribution < -0.4 is 15.8 Å². The van der Waals surface area contributed by atoms with Gasteiger partial charge in [0, 0.05) is 11.6 Å². The number of thiocarbonyl (C=S) groups is 1. The molecule has 102 valence electrons. The van der Waals surface area contributed by atoms with Gasteiger partial charge in [-0.15, -0.1) is 0 Å². The smallest absolute Gasteiger partial charge is 0.260 e. The zero-order chi connectivity index (χ0) is 14.0. The number of hydrogen-bond acceptors (Lipinski definition) is 3. The number of halogens is 1. The van der Waals surface area contributed by atoms with E-state index in [1.165, 1.54) is 12.1 Å². The van der Waals surface area contributed by atoms with Gasteiger partial charge in [0.25, 0.3) is 5.91 Å². The molecule has 3 N–H and O–H groups in total. The summed E-state index contributed by atoms with van der Waals surface area (Å²) in [5, 5.41) is 2.80. The van der Waals surface area contributed by atoms with E-state index in [1.54, 1.807) is 13.0 Å². The minimum Gasteiger partial charge on any atom is -0.478 e. The molecule has 1 fully saturated rings. The van der Waals surface area contributed by atoms with Crippen LogP contribution in [0.1, 0.15) is 25.3 Å². The van der Waals surface area contributed by atoms with Crippen LogP contribution in [0.3, 0.4) is 0 Å². The van der Waals surface area contributed by atoms with Crippen molar-refractivity contribution in [3.05, 3.63) is 29.6 Å². The van der Waals surface area contributed by atoms with Crippen molar-refractivity contribution in [1.82, 2.24) is 5.32 Å². The number of nitrogens with two attached hydrogens (primary N) is 1. The molecule has 0 spiro atoms. The summed E-state index contributed by atoms with van der Waals surface area (Å²) < 4.78 is 19.0. The first kappa shape index (κ1) is 13.7. The largest absolute Gasteiger partial charge is 0.478 e. The van der Waals surface area contributed by atoms with Gasteiger partial charge < -0.3 is 15.8 Å². The van der Waals surface area contributed by atoms with Gasteiger partial charge in [0.15, 0.2) is 17.7 Å². The fourth-order valence-corrected chi connectivity index (χ4v) is 1.67. The van der Waals surface area contributed by atoms with Gasteiger partial charge in [0.1, 0.15) is 4.99 Å². The number of benzene rings is 1. The van der Waals surface area contributed by atoms with Crippen LogP contribution in [0.15, 0.2) is 18.2 Å². The predicted molar refractivity (Wildman–Crippen MR) is 73.5 cm³/mol. The van der Waals surface area contributed by atoms with Gasteiger partial charge in [-0.1, -0.05) is 12.2 Å². The summed E-state index contributed by atoms with van der Waals surface area (Å²) in [4.78, 5) is 11.8. The Balaban J connectivity index is 2.01. The Hall–Kier alpha value is -1.69. The van der Waals surface area contributed by atoms with Gasteiger partial charge in [-0.05, 0) is 38.0 Å². The summed E-state index contributed by atoms with van der Waals surface area (Å²) in [5.41, 5.74) is 5.83. The Labute approximate surface area is 116 Å². The number of ether oxygens (including phenoxy) is 1. The number of nitrogens with one attached hydrogen (secondary N) is 1. The predicted octanol–water partition coefficient (Wildman–Crippen LogP) is 1.51. The summed E-state index contributed by atoms with van der Waals surface area (Å²) in [7, 11) is 0. The van der Waals surface area contributed by atoms with E-state index in [2.05, 4.69) is 5.32 Å². The zero-order valence-electron chi connectivity index (χ0n) is 10.5. The highest BCUT2D eigenvalue weighted by Gasteiger charge is 2.26. The maximum absolute atomic E-state index is 13.7. The molecule has 0 heterocycles.